The lowest BCUT2D eigenvalue weighted by Gasteiger charge is -2.09. The average Bonchev–Trinajstić information content (AvgIpc) is 1.89. The molecule has 58 valence electrons. The maximum atomic E-state index is 2.27. The summed E-state index contributed by atoms with van der Waals surface area (Å²) in [6.07, 6.45) is 8.25. The Bertz CT molecular complexity index is 149. The van der Waals surface area contributed by atoms with Crippen molar-refractivity contribution in [1.29, 1.82) is 0 Å². The first-order valence-electron chi connectivity index (χ1n) is 3.69. The smallest absolute Gasteiger partial charge is 0.0282 e. The fourth-order valence-corrected chi connectivity index (χ4v) is 1.25. The van der Waals surface area contributed by atoms with Gasteiger partial charge in [0.15, 0.2) is 0 Å². The molecule has 0 saturated heterocycles. The predicted octanol–water partition coefficient (Wildman–Crippen LogP) is 3.70. The van der Waals surface area contributed by atoms with E-state index in [1.54, 1.807) is 11.1 Å². The van der Waals surface area contributed by atoms with Crippen LogP contribution in [0, 0.1) is 0 Å². The van der Waals surface area contributed by atoms with Crippen LogP contribution in [0.4, 0.5) is 0 Å². The predicted molar refractivity (Wildman–Crippen MR) is 48.1 cm³/mol. The van der Waals surface area contributed by atoms with Crippen molar-refractivity contribution in [2.45, 2.75) is 40.5 Å². The number of allylic oxidation sites excluding steroid dienone is 4. The van der Waals surface area contributed by atoms with Crippen LogP contribution in [-0.4, -0.2) is 0 Å². The van der Waals surface area contributed by atoms with Crippen molar-refractivity contribution < 1.29 is 0 Å². The molecular weight excluding hydrogens is 120 g/mol. The maximum absolute atomic E-state index is 2.27. The molecule has 0 aromatic carbocycles. The van der Waals surface area contributed by atoms with Crippen LogP contribution in [0.3, 0.4) is 0 Å². The first kappa shape index (κ1) is 9.48. The quantitative estimate of drug-likeness (QED) is 0.518. The minimum absolute atomic E-state index is 0. The molecule has 0 aliphatic heterocycles. The molecule has 0 heteroatoms. The van der Waals surface area contributed by atoms with Gasteiger partial charge in [-0.15, -0.1) is 0 Å². The van der Waals surface area contributed by atoms with Gasteiger partial charge in [0.1, 0.15) is 0 Å². The fourth-order valence-electron chi connectivity index (χ4n) is 1.25. The topological polar surface area (TPSA) is 0 Å². The van der Waals surface area contributed by atoms with Crippen LogP contribution in [0.15, 0.2) is 23.3 Å². The van der Waals surface area contributed by atoms with Crippen LogP contribution in [0.5, 0.6) is 0 Å². The number of hydrogen-bond donors (Lipinski definition) is 0. The highest BCUT2D eigenvalue weighted by Crippen LogP contribution is 2.19. The molecule has 1 aliphatic carbocycles. The van der Waals surface area contributed by atoms with Crippen molar-refractivity contribution in [2.24, 2.45) is 0 Å². The van der Waals surface area contributed by atoms with E-state index in [2.05, 4.69) is 26.0 Å². The van der Waals surface area contributed by atoms with Crippen molar-refractivity contribution in [3.8, 4) is 0 Å². The van der Waals surface area contributed by atoms with E-state index in [0.29, 0.717) is 0 Å². The molecule has 0 atom stereocenters. The van der Waals surface area contributed by atoms with Gasteiger partial charge in [0, 0.05) is 0 Å². The Kier molecular flexibility index (Phi) is 4.10. The first-order valence-corrected chi connectivity index (χ1v) is 3.69. The van der Waals surface area contributed by atoms with Crippen LogP contribution in [0.1, 0.15) is 40.5 Å². The normalized spacial score (nSPS) is 17.0. The van der Waals surface area contributed by atoms with Gasteiger partial charge in [0.2, 0.25) is 0 Å². The standard InChI is InChI=1S/C9H14.CH4/c1-3-9-7-5-4-6-8(9)2;/h5,7H,3-4,6H2,1-2H3;1H4. The van der Waals surface area contributed by atoms with E-state index in [4.69, 9.17) is 0 Å². The van der Waals surface area contributed by atoms with Crippen molar-refractivity contribution in [3.05, 3.63) is 23.3 Å². The van der Waals surface area contributed by atoms with Gasteiger partial charge in [-0.05, 0) is 31.8 Å². The second-order valence-corrected chi connectivity index (χ2v) is 2.60. The third-order valence-electron chi connectivity index (χ3n) is 1.93. The molecule has 0 bridgehead atoms. The highest BCUT2D eigenvalue weighted by molar-refractivity contribution is 5.27. The van der Waals surface area contributed by atoms with Gasteiger partial charge in [-0.2, -0.15) is 0 Å². The molecule has 0 unspecified atom stereocenters. The third-order valence-corrected chi connectivity index (χ3v) is 1.93. The van der Waals surface area contributed by atoms with Crippen LogP contribution >= 0.6 is 0 Å². The molecule has 0 aromatic rings. The molecule has 0 fully saturated rings. The lowest BCUT2D eigenvalue weighted by molar-refractivity contribution is 0.913. The van der Waals surface area contributed by atoms with E-state index in [-0.39, 0.29) is 7.43 Å². The molecule has 0 amide bonds. The van der Waals surface area contributed by atoms with E-state index < -0.39 is 0 Å². The highest BCUT2D eigenvalue weighted by atomic mass is 14.1. The molecule has 0 saturated carbocycles. The molecule has 0 radical (unpaired) electrons. The van der Waals surface area contributed by atoms with E-state index in [1.807, 2.05) is 0 Å². The summed E-state index contributed by atoms with van der Waals surface area (Å²) >= 11 is 0. The van der Waals surface area contributed by atoms with Crippen LogP contribution in [-0.2, 0) is 0 Å². The zero-order chi connectivity index (χ0) is 6.69. The molecule has 0 spiro atoms. The summed E-state index contributed by atoms with van der Waals surface area (Å²) in [5.74, 6) is 0. The lowest BCUT2D eigenvalue weighted by atomic mass is 9.97. The molecule has 0 nitrogen and oxygen atoms in total. The zero-order valence-electron chi connectivity index (χ0n) is 6.28. The van der Waals surface area contributed by atoms with Gasteiger partial charge in [0.25, 0.3) is 0 Å². The summed E-state index contributed by atoms with van der Waals surface area (Å²) in [6.45, 7) is 4.46. The van der Waals surface area contributed by atoms with E-state index >= 15 is 0 Å². The van der Waals surface area contributed by atoms with Gasteiger partial charge >= 0.3 is 0 Å². The minimum atomic E-state index is 0. The Morgan fingerprint density at radius 2 is 2.20 bits per heavy atom. The average molecular weight is 138 g/mol. The molecule has 10 heavy (non-hydrogen) atoms. The van der Waals surface area contributed by atoms with E-state index in [9.17, 15) is 0 Å². The Hall–Kier alpha value is -0.520. The Morgan fingerprint density at radius 1 is 1.50 bits per heavy atom. The van der Waals surface area contributed by atoms with Gasteiger partial charge in [0.05, 0.1) is 0 Å². The summed E-state index contributed by atoms with van der Waals surface area (Å²) in [6, 6.07) is 0. The van der Waals surface area contributed by atoms with Gasteiger partial charge < -0.3 is 0 Å². The molecule has 0 aromatic heterocycles. The van der Waals surface area contributed by atoms with Crippen molar-refractivity contribution >= 4 is 0 Å². The molecule has 1 rings (SSSR count). The summed E-state index contributed by atoms with van der Waals surface area (Å²) in [7, 11) is 0. The molecular formula is C10H18. The monoisotopic (exact) mass is 138 g/mol. The Morgan fingerprint density at radius 3 is 2.60 bits per heavy atom. The van der Waals surface area contributed by atoms with Gasteiger partial charge in [-0.3, -0.25) is 0 Å². The summed E-state index contributed by atoms with van der Waals surface area (Å²) < 4.78 is 0. The second kappa shape index (κ2) is 4.32. The van der Waals surface area contributed by atoms with E-state index in [0.717, 1.165) is 0 Å². The highest BCUT2D eigenvalue weighted by Gasteiger charge is 1.99. The van der Waals surface area contributed by atoms with Crippen molar-refractivity contribution in [1.82, 2.24) is 0 Å². The van der Waals surface area contributed by atoms with Crippen LogP contribution in [0.25, 0.3) is 0 Å². The lowest BCUT2D eigenvalue weighted by Crippen LogP contribution is -1.89. The summed E-state index contributed by atoms with van der Waals surface area (Å²) in [5.41, 5.74) is 3.13. The number of rotatable bonds is 1. The van der Waals surface area contributed by atoms with Gasteiger partial charge in [-0.25, -0.2) is 0 Å². The van der Waals surface area contributed by atoms with Crippen molar-refractivity contribution in [3.63, 3.8) is 0 Å². The van der Waals surface area contributed by atoms with Crippen molar-refractivity contribution in [2.75, 3.05) is 0 Å². The summed E-state index contributed by atoms with van der Waals surface area (Å²) in [4.78, 5) is 0. The van der Waals surface area contributed by atoms with Crippen LogP contribution < -0.4 is 0 Å². The SMILES string of the molecule is C.CCC1=C(C)CCC=C1. The zero-order valence-corrected chi connectivity index (χ0v) is 6.28. The van der Waals surface area contributed by atoms with E-state index in [1.165, 1.54) is 19.3 Å². The fraction of sp³-hybridized carbons (Fsp3) is 0.600. The Labute approximate surface area is 64.6 Å². The molecule has 0 heterocycles. The minimum Gasteiger partial charge on any atom is -0.0839 e. The molecule has 1 aliphatic rings. The van der Waals surface area contributed by atoms with Gasteiger partial charge in [-0.1, -0.05) is 32.1 Å². The Balaban J connectivity index is 0.000000810. The summed E-state index contributed by atoms with van der Waals surface area (Å²) in [5, 5.41) is 0. The maximum Gasteiger partial charge on any atom is -0.0282 e. The number of hydrogen-bond acceptors (Lipinski definition) is 0. The largest absolute Gasteiger partial charge is 0.0839 e. The third kappa shape index (κ3) is 2.02. The molecule has 0 N–H and O–H groups in total. The first-order chi connectivity index (χ1) is 4.34. The van der Waals surface area contributed by atoms with Crippen LogP contribution in [0.2, 0.25) is 0 Å². The second-order valence-electron chi connectivity index (χ2n) is 2.60.